The maximum Gasteiger partial charge on any atom is 0.303 e. The van der Waals surface area contributed by atoms with Crippen molar-refractivity contribution >= 4 is 35.4 Å². The molecule has 0 aromatic heterocycles. The van der Waals surface area contributed by atoms with Gasteiger partial charge >= 0.3 is 5.97 Å². The fraction of sp³-hybridized carbons (Fsp3) is 0.211. The number of carbonyl (C=O) groups is 1. The summed E-state index contributed by atoms with van der Waals surface area (Å²) >= 11 is 6.01. The molecule has 0 saturated carbocycles. The Balaban J connectivity index is 1.72. The van der Waals surface area contributed by atoms with Gasteiger partial charge in [-0.25, -0.2) is 4.39 Å². The van der Waals surface area contributed by atoms with Gasteiger partial charge in [0, 0.05) is 12.0 Å². The third-order valence-corrected chi connectivity index (χ3v) is 4.27. The third-order valence-electron chi connectivity index (χ3n) is 3.94. The van der Waals surface area contributed by atoms with Gasteiger partial charge in [-0.1, -0.05) is 29.8 Å². The molecule has 2 N–H and O–H groups in total. The predicted molar refractivity (Wildman–Crippen MR) is 96.6 cm³/mol. The molecule has 2 aromatic rings. The van der Waals surface area contributed by atoms with Gasteiger partial charge in [0.1, 0.15) is 17.7 Å². The van der Waals surface area contributed by atoms with Crippen LogP contribution < -0.4 is 10.1 Å². The average Bonchev–Trinajstić information content (AvgIpc) is 2.59. The number of carboxylic acids is 1. The highest BCUT2D eigenvalue weighted by Gasteiger charge is 2.20. The highest BCUT2D eigenvalue weighted by molar-refractivity contribution is 6.32. The summed E-state index contributed by atoms with van der Waals surface area (Å²) in [7, 11) is 0. The molecule has 0 spiro atoms. The molecule has 1 atom stereocenters. The van der Waals surface area contributed by atoms with Gasteiger partial charge in [0.05, 0.1) is 17.3 Å². The Labute approximate surface area is 149 Å². The molecule has 1 heterocycles. The van der Waals surface area contributed by atoms with Crippen molar-refractivity contribution < 1.29 is 19.0 Å². The SMILES string of the molecule is O=C(O)CCC1CNc2cc(C=Cc3c(F)cccc3Cl)ccc2O1. The van der Waals surface area contributed by atoms with Gasteiger partial charge in [-0.15, -0.1) is 0 Å². The Hall–Kier alpha value is -2.53. The van der Waals surface area contributed by atoms with Crippen LogP contribution in [0.15, 0.2) is 36.4 Å². The van der Waals surface area contributed by atoms with Crippen LogP contribution in [-0.2, 0) is 4.79 Å². The maximum absolute atomic E-state index is 13.8. The van der Waals surface area contributed by atoms with Gasteiger partial charge in [0.25, 0.3) is 0 Å². The Morgan fingerprint density at radius 3 is 2.96 bits per heavy atom. The number of hydrogen-bond donors (Lipinski definition) is 2. The van der Waals surface area contributed by atoms with Crippen LogP contribution in [0.5, 0.6) is 5.75 Å². The molecule has 0 amide bonds. The molecule has 0 aliphatic carbocycles. The van der Waals surface area contributed by atoms with Crippen molar-refractivity contribution in [2.75, 3.05) is 11.9 Å². The lowest BCUT2D eigenvalue weighted by molar-refractivity contribution is -0.137. The summed E-state index contributed by atoms with van der Waals surface area (Å²) in [6, 6.07) is 10.1. The molecule has 0 radical (unpaired) electrons. The number of halogens is 2. The van der Waals surface area contributed by atoms with Gasteiger partial charge in [-0.3, -0.25) is 4.79 Å². The number of aliphatic carboxylic acids is 1. The zero-order valence-electron chi connectivity index (χ0n) is 13.3. The Kier molecular flexibility index (Phi) is 5.24. The van der Waals surface area contributed by atoms with Gasteiger partial charge in [0.15, 0.2) is 0 Å². The molecule has 25 heavy (non-hydrogen) atoms. The van der Waals surface area contributed by atoms with Crippen LogP contribution in [0.4, 0.5) is 10.1 Å². The summed E-state index contributed by atoms with van der Waals surface area (Å²) in [6.45, 7) is 0.548. The van der Waals surface area contributed by atoms with E-state index in [2.05, 4.69) is 5.32 Å². The fourth-order valence-corrected chi connectivity index (χ4v) is 2.86. The summed E-state index contributed by atoms with van der Waals surface area (Å²) in [5.74, 6) is -0.520. The largest absolute Gasteiger partial charge is 0.486 e. The number of ether oxygens (including phenoxy) is 1. The fourth-order valence-electron chi connectivity index (χ4n) is 2.63. The molecule has 130 valence electrons. The van der Waals surface area contributed by atoms with Crippen molar-refractivity contribution in [1.82, 2.24) is 0 Å². The second-order valence-corrected chi connectivity index (χ2v) is 6.18. The van der Waals surface area contributed by atoms with Crippen molar-refractivity contribution in [2.45, 2.75) is 18.9 Å². The molecule has 1 aliphatic heterocycles. The lowest BCUT2D eigenvalue weighted by Gasteiger charge is -2.27. The highest BCUT2D eigenvalue weighted by Crippen LogP contribution is 2.32. The number of anilines is 1. The van der Waals surface area contributed by atoms with E-state index in [9.17, 15) is 9.18 Å². The summed E-state index contributed by atoms with van der Waals surface area (Å²) in [4.78, 5) is 10.6. The highest BCUT2D eigenvalue weighted by atomic mass is 35.5. The van der Waals surface area contributed by atoms with E-state index in [0.29, 0.717) is 29.3 Å². The molecule has 2 aromatic carbocycles. The van der Waals surface area contributed by atoms with E-state index in [1.54, 1.807) is 24.3 Å². The first-order chi connectivity index (χ1) is 12.0. The first-order valence-electron chi connectivity index (χ1n) is 7.91. The van der Waals surface area contributed by atoms with E-state index in [1.165, 1.54) is 6.07 Å². The summed E-state index contributed by atoms with van der Waals surface area (Å²) < 4.78 is 19.6. The normalized spacial score (nSPS) is 16.2. The second-order valence-electron chi connectivity index (χ2n) is 5.78. The topological polar surface area (TPSA) is 58.6 Å². The van der Waals surface area contributed by atoms with Crippen LogP contribution in [0.2, 0.25) is 5.02 Å². The minimum Gasteiger partial charge on any atom is -0.486 e. The first-order valence-corrected chi connectivity index (χ1v) is 8.29. The lowest BCUT2D eigenvalue weighted by atomic mass is 10.1. The van der Waals surface area contributed by atoms with Crippen molar-refractivity contribution in [3.05, 3.63) is 58.4 Å². The summed E-state index contributed by atoms with van der Waals surface area (Å²) in [6.07, 6.45) is 3.78. The molecule has 0 bridgehead atoms. The van der Waals surface area contributed by atoms with E-state index in [4.69, 9.17) is 21.4 Å². The molecule has 0 fully saturated rings. The van der Waals surface area contributed by atoms with E-state index < -0.39 is 5.97 Å². The number of rotatable bonds is 5. The number of fused-ring (bicyclic) bond motifs is 1. The van der Waals surface area contributed by atoms with Crippen LogP contribution in [-0.4, -0.2) is 23.7 Å². The number of nitrogens with one attached hydrogen (secondary N) is 1. The van der Waals surface area contributed by atoms with Crippen LogP contribution in [0.1, 0.15) is 24.0 Å². The van der Waals surface area contributed by atoms with Crippen LogP contribution >= 0.6 is 11.6 Å². The van der Waals surface area contributed by atoms with Crippen molar-refractivity contribution in [3.63, 3.8) is 0 Å². The molecule has 4 nitrogen and oxygen atoms in total. The van der Waals surface area contributed by atoms with E-state index in [1.807, 2.05) is 18.2 Å². The van der Waals surface area contributed by atoms with Crippen molar-refractivity contribution in [2.24, 2.45) is 0 Å². The predicted octanol–water partition coefficient (Wildman–Crippen LogP) is 4.69. The Bertz CT molecular complexity index is 802. The summed E-state index contributed by atoms with van der Waals surface area (Å²) in [5.41, 5.74) is 2.05. The Morgan fingerprint density at radius 1 is 1.36 bits per heavy atom. The molecule has 1 aliphatic rings. The third kappa shape index (κ3) is 4.31. The number of hydrogen-bond acceptors (Lipinski definition) is 3. The standard InChI is InChI=1S/C19H17ClFNO3/c20-15-2-1-3-16(21)14(15)7-4-12-5-8-18-17(10-12)22-11-13(25-18)6-9-19(23)24/h1-5,7-8,10,13,22H,6,9,11H2,(H,23,24). The zero-order chi connectivity index (χ0) is 17.8. The lowest BCUT2D eigenvalue weighted by Crippen LogP contribution is -2.31. The van der Waals surface area contributed by atoms with Crippen molar-refractivity contribution in [3.8, 4) is 5.75 Å². The van der Waals surface area contributed by atoms with Crippen LogP contribution in [0.3, 0.4) is 0 Å². The average molecular weight is 362 g/mol. The van der Waals surface area contributed by atoms with E-state index in [0.717, 1.165) is 11.3 Å². The monoisotopic (exact) mass is 361 g/mol. The second kappa shape index (κ2) is 7.57. The molecule has 3 rings (SSSR count). The minimum absolute atomic E-state index is 0.0753. The molecular formula is C19H17ClFNO3. The minimum atomic E-state index is -0.832. The summed E-state index contributed by atoms with van der Waals surface area (Å²) in [5, 5.41) is 12.4. The molecule has 6 heteroatoms. The Morgan fingerprint density at radius 2 is 2.20 bits per heavy atom. The van der Waals surface area contributed by atoms with Gasteiger partial charge in [0.2, 0.25) is 0 Å². The van der Waals surface area contributed by atoms with Gasteiger partial charge in [-0.2, -0.15) is 0 Å². The smallest absolute Gasteiger partial charge is 0.303 e. The first kappa shape index (κ1) is 17.3. The number of carboxylic acid groups (broad SMARTS) is 1. The van der Waals surface area contributed by atoms with Crippen LogP contribution in [0, 0.1) is 5.82 Å². The van der Waals surface area contributed by atoms with Crippen molar-refractivity contribution in [1.29, 1.82) is 0 Å². The quantitative estimate of drug-likeness (QED) is 0.759. The van der Waals surface area contributed by atoms with E-state index >= 15 is 0 Å². The van der Waals surface area contributed by atoms with E-state index in [-0.39, 0.29) is 18.3 Å². The molecule has 0 saturated heterocycles. The number of benzene rings is 2. The van der Waals surface area contributed by atoms with Gasteiger partial charge in [-0.05, 0) is 42.3 Å². The zero-order valence-corrected chi connectivity index (χ0v) is 14.1. The van der Waals surface area contributed by atoms with Crippen LogP contribution in [0.25, 0.3) is 12.2 Å². The maximum atomic E-state index is 13.8. The van der Waals surface area contributed by atoms with Gasteiger partial charge < -0.3 is 15.2 Å². The molecule has 1 unspecified atom stereocenters. The molecular weight excluding hydrogens is 345 g/mol.